The fourth-order valence-corrected chi connectivity index (χ4v) is 5.14. The molecule has 5 heteroatoms. The molecule has 0 radical (unpaired) electrons. The summed E-state index contributed by atoms with van der Waals surface area (Å²) in [5.74, 6) is 0.788. The molecule has 1 aromatic heterocycles. The van der Waals surface area contributed by atoms with Crippen LogP contribution in [0.2, 0.25) is 0 Å². The number of thioether (sulfide) groups is 1. The Morgan fingerprint density at radius 1 is 0.743 bits per heavy atom. The molecule has 5 rings (SSSR count). The molecule has 0 aliphatic rings. The highest BCUT2D eigenvalue weighted by molar-refractivity contribution is 8.00. The molecule has 4 aromatic carbocycles. The van der Waals surface area contributed by atoms with Gasteiger partial charge in [0, 0.05) is 16.8 Å². The predicted molar refractivity (Wildman–Crippen MR) is 142 cm³/mol. The van der Waals surface area contributed by atoms with Gasteiger partial charge in [0.15, 0.2) is 16.8 Å². The quantitative estimate of drug-likeness (QED) is 0.183. The lowest BCUT2D eigenvalue weighted by atomic mass is 10.0. The number of hydrogen-bond donors (Lipinski definition) is 0. The molecule has 0 saturated carbocycles. The summed E-state index contributed by atoms with van der Waals surface area (Å²) < 4.78 is 2.05. The van der Waals surface area contributed by atoms with Gasteiger partial charge in [0.25, 0.3) is 0 Å². The highest BCUT2D eigenvalue weighted by Gasteiger charge is 2.27. The second-order valence-electron chi connectivity index (χ2n) is 8.49. The molecule has 0 amide bonds. The van der Waals surface area contributed by atoms with Gasteiger partial charge in [0.1, 0.15) is 5.25 Å². The number of carbonyl (C=O) groups excluding carboxylic acids is 1. The van der Waals surface area contributed by atoms with E-state index in [0.29, 0.717) is 10.7 Å². The van der Waals surface area contributed by atoms with Crippen LogP contribution in [0, 0.1) is 13.8 Å². The summed E-state index contributed by atoms with van der Waals surface area (Å²) in [6.07, 6.45) is 0. The normalized spacial score (nSPS) is 11.8. The van der Waals surface area contributed by atoms with Gasteiger partial charge in [-0.1, -0.05) is 114 Å². The summed E-state index contributed by atoms with van der Waals surface area (Å²) in [5, 5.41) is 9.38. The first kappa shape index (κ1) is 22.8. The van der Waals surface area contributed by atoms with Gasteiger partial charge < -0.3 is 0 Å². The van der Waals surface area contributed by atoms with Crippen LogP contribution in [0.4, 0.5) is 0 Å². The SMILES string of the molecule is Cc1ccc(-n2c(S[C@@H](C(=O)c3ccccc3)c3ccccc3)nnc2-c2cccc(C)c2)cc1. The highest BCUT2D eigenvalue weighted by atomic mass is 32.2. The molecule has 4 nitrogen and oxygen atoms in total. The van der Waals surface area contributed by atoms with Crippen molar-refractivity contribution in [2.24, 2.45) is 0 Å². The van der Waals surface area contributed by atoms with Gasteiger partial charge in [-0.05, 0) is 37.6 Å². The van der Waals surface area contributed by atoms with Crippen molar-refractivity contribution >= 4 is 17.5 Å². The van der Waals surface area contributed by atoms with E-state index in [1.807, 2.05) is 77.4 Å². The summed E-state index contributed by atoms with van der Waals surface area (Å²) in [6.45, 7) is 4.13. The molecule has 0 spiro atoms. The summed E-state index contributed by atoms with van der Waals surface area (Å²) in [7, 11) is 0. The smallest absolute Gasteiger partial charge is 0.197 e. The lowest BCUT2D eigenvalue weighted by molar-refractivity contribution is 0.0989. The summed E-state index contributed by atoms with van der Waals surface area (Å²) in [4.78, 5) is 13.7. The average molecular weight is 476 g/mol. The van der Waals surface area contributed by atoms with Crippen LogP contribution in [0.5, 0.6) is 0 Å². The van der Waals surface area contributed by atoms with Crippen LogP contribution >= 0.6 is 11.8 Å². The predicted octanol–water partition coefficient (Wildman–Crippen LogP) is 7.27. The molecule has 1 atom stereocenters. The largest absolute Gasteiger partial charge is 0.293 e. The number of Topliss-reactive ketones (excluding diaryl/α,β-unsaturated/α-hetero) is 1. The van der Waals surface area contributed by atoms with E-state index in [1.165, 1.54) is 17.3 Å². The zero-order valence-electron chi connectivity index (χ0n) is 19.6. The van der Waals surface area contributed by atoms with Crippen molar-refractivity contribution in [2.75, 3.05) is 0 Å². The Morgan fingerprint density at radius 2 is 1.43 bits per heavy atom. The minimum atomic E-state index is -0.461. The molecular formula is C30H25N3OS. The minimum absolute atomic E-state index is 0.0392. The third-order valence-corrected chi connectivity index (χ3v) is 7.02. The highest BCUT2D eigenvalue weighted by Crippen LogP contribution is 2.39. The molecule has 0 bridgehead atoms. The molecule has 0 unspecified atom stereocenters. The molecule has 0 N–H and O–H groups in total. The molecule has 5 aromatic rings. The Kier molecular flexibility index (Phi) is 6.59. The van der Waals surface area contributed by atoms with Crippen LogP contribution in [0.25, 0.3) is 17.1 Å². The summed E-state index contributed by atoms with van der Waals surface area (Å²) in [6, 6.07) is 35.8. The number of rotatable bonds is 7. The Bertz CT molecular complexity index is 1440. The number of aromatic nitrogens is 3. The molecule has 0 saturated heterocycles. The lowest BCUT2D eigenvalue weighted by Gasteiger charge is -2.17. The van der Waals surface area contributed by atoms with E-state index in [2.05, 4.69) is 60.4 Å². The third-order valence-electron chi connectivity index (χ3n) is 5.82. The van der Waals surface area contributed by atoms with Crippen LogP contribution in [0.3, 0.4) is 0 Å². The van der Waals surface area contributed by atoms with Crippen LogP contribution < -0.4 is 0 Å². The molecule has 0 aliphatic carbocycles. The van der Waals surface area contributed by atoms with Crippen molar-refractivity contribution in [1.29, 1.82) is 0 Å². The third kappa shape index (κ3) is 4.96. The van der Waals surface area contributed by atoms with E-state index < -0.39 is 5.25 Å². The fourth-order valence-electron chi connectivity index (χ4n) is 4.00. The maximum atomic E-state index is 13.7. The Hall–Kier alpha value is -3.96. The number of carbonyl (C=O) groups is 1. The number of aryl methyl sites for hydroxylation is 2. The van der Waals surface area contributed by atoms with Crippen molar-refractivity contribution < 1.29 is 4.79 Å². The lowest BCUT2D eigenvalue weighted by Crippen LogP contribution is -2.11. The van der Waals surface area contributed by atoms with E-state index in [4.69, 9.17) is 0 Å². The molecule has 0 fully saturated rings. The fraction of sp³-hybridized carbons (Fsp3) is 0.100. The number of benzene rings is 4. The molecule has 35 heavy (non-hydrogen) atoms. The van der Waals surface area contributed by atoms with Crippen molar-refractivity contribution in [3.05, 3.63) is 131 Å². The van der Waals surface area contributed by atoms with E-state index in [-0.39, 0.29) is 5.78 Å². The van der Waals surface area contributed by atoms with Crippen molar-refractivity contribution in [3.63, 3.8) is 0 Å². The number of ketones is 1. The Balaban J connectivity index is 1.63. The van der Waals surface area contributed by atoms with Crippen LogP contribution in [0.1, 0.15) is 32.3 Å². The Labute approximate surface area is 209 Å². The first-order valence-corrected chi connectivity index (χ1v) is 12.4. The zero-order valence-corrected chi connectivity index (χ0v) is 20.4. The first-order valence-electron chi connectivity index (χ1n) is 11.5. The Morgan fingerprint density at radius 3 is 2.11 bits per heavy atom. The standard InChI is InChI=1S/C30H25N3OS/c1-21-16-18-26(19-17-21)33-29(25-15-9-10-22(2)20-25)31-32-30(33)35-28(24-13-7-4-8-14-24)27(34)23-11-5-3-6-12-23/h3-20,28H,1-2H3/t28-/m1/s1. The molecular weight excluding hydrogens is 450 g/mol. The van der Waals surface area contributed by atoms with Crippen LogP contribution in [-0.4, -0.2) is 20.5 Å². The number of hydrogen-bond acceptors (Lipinski definition) is 4. The number of nitrogens with zero attached hydrogens (tertiary/aromatic N) is 3. The maximum Gasteiger partial charge on any atom is 0.197 e. The van der Waals surface area contributed by atoms with Gasteiger partial charge >= 0.3 is 0 Å². The summed E-state index contributed by atoms with van der Waals surface area (Å²) in [5.41, 5.74) is 5.87. The zero-order chi connectivity index (χ0) is 24.2. The maximum absolute atomic E-state index is 13.7. The van der Waals surface area contributed by atoms with Gasteiger partial charge in [0.2, 0.25) is 0 Å². The molecule has 1 heterocycles. The van der Waals surface area contributed by atoms with Crippen LogP contribution in [-0.2, 0) is 0 Å². The van der Waals surface area contributed by atoms with Crippen molar-refractivity contribution in [2.45, 2.75) is 24.3 Å². The van der Waals surface area contributed by atoms with Gasteiger partial charge in [-0.15, -0.1) is 10.2 Å². The van der Waals surface area contributed by atoms with E-state index in [1.54, 1.807) is 0 Å². The topological polar surface area (TPSA) is 47.8 Å². The van der Waals surface area contributed by atoms with E-state index in [9.17, 15) is 4.79 Å². The van der Waals surface area contributed by atoms with Crippen LogP contribution in [0.15, 0.2) is 114 Å². The molecule has 172 valence electrons. The van der Waals surface area contributed by atoms with Crippen molar-refractivity contribution in [3.8, 4) is 17.1 Å². The van der Waals surface area contributed by atoms with Gasteiger partial charge in [-0.25, -0.2) is 0 Å². The second kappa shape index (κ2) is 10.1. The van der Waals surface area contributed by atoms with Gasteiger partial charge in [-0.3, -0.25) is 9.36 Å². The van der Waals surface area contributed by atoms with Gasteiger partial charge in [0.05, 0.1) is 0 Å². The van der Waals surface area contributed by atoms with E-state index >= 15 is 0 Å². The molecule has 0 aliphatic heterocycles. The second-order valence-corrected chi connectivity index (χ2v) is 9.56. The summed E-state index contributed by atoms with van der Waals surface area (Å²) >= 11 is 1.43. The monoisotopic (exact) mass is 475 g/mol. The van der Waals surface area contributed by atoms with E-state index in [0.717, 1.165) is 28.2 Å². The average Bonchev–Trinajstić information content (AvgIpc) is 3.32. The minimum Gasteiger partial charge on any atom is -0.293 e. The van der Waals surface area contributed by atoms with Gasteiger partial charge in [-0.2, -0.15) is 0 Å². The first-order chi connectivity index (χ1) is 17.1. The van der Waals surface area contributed by atoms with Crippen molar-refractivity contribution in [1.82, 2.24) is 14.8 Å².